The first-order chi connectivity index (χ1) is 10.2. The molecule has 0 saturated heterocycles. The summed E-state index contributed by atoms with van der Waals surface area (Å²) in [5.41, 5.74) is 6.43. The van der Waals surface area contributed by atoms with Crippen LogP contribution in [0, 0.1) is 5.92 Å². The summed E-state index contributed by atoms with van der Waals surface area (Å²) >= 11 is 0. The first-order valence-corrected chi connectivity index (χ1v) is 7.78. The van der Waals surface area contributed by atoms with Crippen LogP contribution in [-0.4, -0.2) is 24.3 Å². The van der Waals surface area contributed by atoms with E-state index in [1.54, 1.807) is 12.1 Å². The van der Waals surface area contributed by atoms with Gasteiger partial charge in [-0.2, -0.15) is 0 Å². The molecular formula is C17H24N2O2. The Morgan fingerprint density at radius 3 is 2.52 bits per heavy atom. The SMILES string of the molecule is NCC1CCCCC1NC(=O)CCC(=O)c1ccccc1. The van der Waals surface area contributed by atoms with Gasteiger partial charge in [0.05, 0.1) is 0 Å². The molecule has 1 saturated carbocycles. The van der Waals surface area contributed by atoms with Crippen molar-refractivity contribution >= 4 is 11.7 Å². The quantitative estimate of drug-likeness (QED) is 0.789. The van der Waals surface area contributed by atoms with E-state index in [4.69, 9.17) is 5.73 Å². The topological polar surface area (TPSA) is 72.2 Å². The zero-order valence-corrected chi connectivity index (χ0v) is 12.4. The predicted molar refractivity (Wildman–Crippen MR) is 82.9 cm³/mol. The molecule has 0 radical (unpaired) electrons. The molecule has 2 atom stereocenters. The van der Waals surface area contributed by atoms with Crippen LogP contribution in [0.25, 0.3) is 0 Å². The molecular weight excluding hydrogens is 264 g/mol. The van der Waals surface area contributed by atoms with Gasteiger partial charge in [0.15, 0.2) is 5.78 Å². The van der Waals surface area contributed by atoms with E-state index in [1.807, 2.05) is 18.2 Å². The lowest BCUT2D eigenvalue weighted by Crippen LogP contribution is -2.44. The minimum atomic E-state index is -0.0374. The van der Waals surface area contributed by atoms with Crippen LogP contribution in [0.4, 0.5) is 0 Å². The Kier molecular flexibility index (Phi) is 5.93. The van der Waals surface area contributed by atoms with Crippen molar-refractivity contribution in [2.75, 3.05) is 6.54 Å². The van der Waals surface area contributed by atoms with Gasteiger partial charge in [-0.3, -0.25) is 9.59 Å². The molecule has 4 heteroatoms. The van der Waals surface area contributed by atoms with E-state index < -0.39 is 0 Å². The van der Waals surface area contributed by atoms with E-state index in [2.05, 4.69) is 5.32 Å². The van der Waals surface area contributed by atoms with E-state index in [0.717, 1.165) is 19.3 Å². The fourth-order valence-corrected chi connectivity index (χ4v) is 2.95. The van der Waals surface area contributed by atoms with Crippen molar-refractivity contribution in [2.45, 2.75) is 44.6 Å². The van der Waals surface area contributed by atoms with Gasteiger partial charge in [-0.15, -0.1) is 0 Å². The van der Waals surface area contributed by atoms with E-state index in [1.165, 1.54) is 6.42 Å². The average molecular weight is 288 g/mol. The number of hydrogen-bond acceptors (Lipinski definition) is 3. The summed E-state index contributed by atoms with van der Waals surface area (Å²) in [6, 6.07) is 9.29. The van der Waals surface area contributed by atoms with Crippen molar-refractivity contribution in [3.8, 4) is 0 Å². The van der Waals surface area contributed by atoms with Crippen molar-refractivity contribution in [1.82, 2.24) is 5.32 Å². The second-order valence-corrected chi connectivity index (χ2v) is 5.74. The number of carbonyl (C=O) groups excluding carboxylic acids is 2. The number of nitrogens with one attached hydrogen (secondary N) is 1. The molecule has 0 bridgehead atoms. The summed E-state index contributed by atoms with van der Waals surface area (Å²) in [6.45, 7) is 0.619. The number of ketones is 1. The van der Waals surface area contributed by atoms with Crippen LogP contribution in [-0.2, 0) is 4.79 Å². The minimum absolute atomic E-state index is 0.0183. The molecule has 2 unspecified atom stereocenters. The zero-order valence-electron chi connectivity index (χ0n) is 12.4. The molecule has 114 valence electrons. The van der Waals surface area contributed by atoms with Crippen molar-refractivity contribution in [3.05, 3.63) is 35.9 Å². The highest BCUT2D eigenvalue weighted by Crippen LogP contribution is 2.23. The standard InChI is InChI=1S/C17H24N2O2/c18-12-14-8-4-5-9-15(14)19-17(21)11-10-16(20)13-6-2-1-3-7-13/h1-3,6-7,14-15H,4-5,8-12,18H2,(H,19,21). The molecule has 0 aromatic heterocycles. The zero-order chi connectivity index (χ0) is 15.1. The lowest BCUT2D eigenvalue weighted by Gasteiger charge is -2.31. The van der Waals surface area contributed by atoms with Gasteiger partial charge < -0.3 is 11.1 Å². The van der Waals surface area contributed by atoms with Crippen LogP contribution in [0.5, 0.6) is 0 Å². The maximum Gasteiger partial charge on any atom is 0.220 e. The van der Waals surface area contributed by atoms with E-state index in [0.29, 0.717) is 18.0 Å². The van der Waals surface area contributed by atoms with Crippen LogP contribution >= 0.6 is 0 Å². The number of carbonyl (C=O) groups is 2. The summed E-state index contributed by atoms with van der Waals surface area (Å²) in [7, 11) is 0. The largest absolute Gasteiger partial charge is 0.353 e. The third-order valence-corrected chi connectivity index (χ3v) is 4.23. The molecule has 0 aliphatic heterocycles. The van der Waals surface area contributed by atoms with Gasteiger partial charge in [0, 0.05) is 24.4 Å². The van der Waals surface area contributed by atoms with Crippen molar-refractivity contribution < 1.29 is 9.59 Å². The van der Waals surface area contributed by atoms with Crippen LogP contribution in [0.1, 0.15) is 48.9 Å². The molecule has 2 rings (SSSR count). The average Bonchev–Trinajstić information content (AvgIpc) is 2.54. The van der Waals surface area contributed by atoms with Gasteiger partial charge in [0.25, 0.3) is 0 Å². The smallest absolute Gasteiger partial charge is 0.220 e. The van der Waals surface area contributed by atoms with Gasteiger partial charge in [-0.25, -0.2) is 0 Å². The summed E-state index contributed by atoms with van der Waals surface area (Å²) in [5.74, 6) is 0.363. The number of benzene rings is 1. The first-order valence-electron chi connectivity index (χ1n) is 7.78. The van der Waals surface area contributed by atoms with Crippen molar-refractivity contribution in [3.63, 3.8) is 0 Å². The molecule has 1 fully saturated rings. The molecule has 3 N–H and O–H groups in total. The van der Waals surface area contributed by atoms with E-state index in [-0.39, 0.29) is 30.6 Å². The van der Waals surface area contributed by atoms with Crippen LogP contribution in [0.3, 0.4) is 0 Å². The van der Waals surface area contributed by atoms with Gasteiger partial charge >= 0.3 is 0 Å². The Morgan fingerprint density at radius 1 is 1.10 bits per heavy atom. The van der Waals surface area contributed by atoms with Gasteiger partial charge in [-0.1, -0.05) is 43.2 Å². The van der Waals surface area contributed by atoms with Crippen LogP contribution in [0.15, 0.2) is 30.3 Å². The normalized spacial score (nSPS) is 21.8. The Balaban J connectivity index is 1.78. The Bertz CT molecular complexity index is 473. The molecule has 21 heavy (non-hydrogen) atoms. The molecule has 1 aliphatic carbocycles. The van der Waals surface area contributed by atoms with Gasteiger partial charge in [0.1, 0.15) is 0 Å². The Hall–Kier alpha value is -1.68. The number of nitrogens with two attached hydrogens (primary N) is 1. The monoisotopic (exact) mass is 288 g/mol. The highest BCUT2D eigenvalue weighted by molar-refractivity contribution is 5.97. The summed E-state index contributed by atoms with van der Waals surface area (Å²) in [4.78, 5) is 24.0. The summed E-state index contributed by atoms with van der Waals surface area (Å²) in [5, 5.41) is 3.06. The molecule has 4 nitrogen and oxygen atoms in total. The Morgan fingerprint density at radius 2 is 1.81 bits per heavy atom. The third kappa shape index (κ3) is 4.67. The Labute approximate surface area is 126 Å². The highest BCUT2D eigenvalue weighted by Gasteiger charge is 2.25. The molecule has 0 heterocycles. The van der Waals surface area contributed by atoms with Gasteiger partial charge in [-0.05, 0) is 25.3 Å². The third-order valence-electron chi connectivity index (χ3n) is 4.23. The second kappa shape index (κ2) is 7.93. The van der Waals surface area contributed by atoms with Crippen molar-refractivity contribution in [1.29, 1.82) is 0 Å². The number of amides is 1. The number of Topliss-reactive ketones (excluding diaryl/α,β-unsaturated/α-hetero) is 1. The van der Waals surface area contributed by atoms with E-state index in [9.17, 15) is 9.59 Å². The minimum Gasteiger partial charge on any atom is -0.353 e. The lowest BCUT2D eigenvalue weighted by atomic mass is 9.84. The summed E-state index contributed by atoms with van der Waals surface area (Å²) < 4.78 is 0. The fraction of sp³-hybridized carbons (Fsp3) is 0.529. The maximum absolute atomic E-state index is 12.0. The second-order valence-electron chi connectivity index (χ2n) is 5.74. The van der Waals surface area contributed by atoms with Gasteiger partial charge in [0.2, 0.25) is 5.91 Å². The lowest BCUT2D eigenvalue weighted by molar-refractivity contribution is -0.122. The fourth-order valence-electron chi connectivity index (χ4n) is 2.95. The first kappa shape index (κ1) is 15.7. The highest BCUT2D eigenvalue weighted by atomic mass is 16.2. The molecule has 1 aliphatic rings. The van der Waals surface area contributed by atoms with Crippen LogP contribution < -0.4 is 11.1 Å². The van der Waals surface area contributed by atoms with Crippen LogP contribution in [0.2, 0.25) is 0 Å². The summed E-state index contributed by atoms with van der Waals surface area (Å²) in [6.07, 6.45) is 4.94. The predicted octanol–water partition coefficient (Wildman–Crippen LogP) is 2.28. The number of hydrogen-bond donors (Lipinski definition) is 2. The number of rotatable bonds is 6. The molecule has 1 aromatic rings. The van der Waals surface area contributed by atoms with Crippen molar-refractivity contribution in [2.24, 2.45) is 11.7 Å². The maximum atomic E-state index is 12.0. The molecule has 1 amide bonds. The van der Waals surface area contributed by atoms with E-state index >= 15 is 0 Å². The molecule has 1 aromatic carbocycles. The molecule has 0 spiro atoms.